The van der Waals surface area contributed by atoms with Crippen LogP contribution in [0.25, 0.3) is 0 Å². The van der Waals surface area contributed by atoms with Gasteiger partial charge in [0, 0.05) is 20.0 Å². The molecule has 0 amide bonds. The molecule has 0 fully saturated rings. The van der Waals surface area contributed by atoms with Crippen LogP contribution >= 0.6 is 18.6 Å². The maximum absolute atomic E-state index is 5.40. The molecule has 0 aliphatic rings. The molecule has 0 aromatic carbocycles. The Morgan fingerprint density at radius 2 is 1.50 bits per heavy atom. The summed E-state index contributed by atoms with van der Waals surface area (Å²) in [7, 11) is -0.756. The highest BCUT2D eigenvalue weighted by atomic mass is 35.5. The van der Waals surface area contributed by atoms with Crippen molar-refractivity contribution < 1.29 is 0 Å². The van der Waals surface area contributed by atoms with E-state index in [-0.39, 0.29) is 0 Å². The summed E-state index contributed by atoms with van der Waals surface area (Å²) in [4.78, 5) is 0. The van der Waals surface area contributed by atoms with Crippen molar-refractivity contribution in [3.63, 3.8) is 0 Å². The lowest BCUT2D eigenvalue weighted by Crippen LogP contribution is -1.86. The molecule has 0 nitrogen and oxygen atoms in total. The Hall–Kier alpha value is 0.785. The van der Waals surface area contributed by atoms with Crippen molar-refractivity contribution in [2.24, 2.45) is 0 Å². The third-order valence-electron chi connectivity index (χ3n) is 0.293. The van der Waals surface area contributed by atoms with Gasteiger partial charge >= 0.3 is 6.41 Å². The molecule has 0 saturated carbocycles. The fourth-order valence-corrected chi connectivity index (χ4v) is 0. The van der Waals surface area contributed by atoms with Crippen LogP contribution < -0.4 is 0 Å². The van der Waals surface area contributed by atoms with Crippen molar-refractivity contribution >= 4 is 25.0 Å². The second-order valence-electron chi connectivity index (χ2n) is 2.21. The van der Waals surface area contributed by atoms with Crippen LogP contribution in [0.3, 0.4) is 0 Å². The highest BCUT2D eigenvalue weighted by Gasteiger charge is 2.17. The van der Waals surface area contributed by atoms with Crippen LogP contribution in [-0.4, -0.2) is 26.4 Å². The first kappa shape index (κ1) is 6.78. The standard InChI is InChI=1S/C3H9BClP/c1-6(2,3)4-5/h1-3H3/q+1. The molecule has 0 aliphatic carbocycles. The monoisotopic (exact) mass is 122 g/mol. The van der Waals surface area contributed by atoms with Crippen LogP contribution in [0.1, 0.15) is 0 Å². The van der Waals surface area contributed by atoms with Crippen molar-refractivity contribution in [3.8, 4) is 0 Å². The van der Waals surface area contributed by atoms with Gasteiger partial charge in [-0.25, -0.2) is 0 Å². The van der Waals surface area contributed by atoms with Gasteiger partial charge < -0.3 is 0 Å². The van der Waals surface area contributed by atoms with Gasteiger partial charge in [-0.05, 0) is 7.14 Å². The molecule has 3 heteroatoms. The van der Waals surface area contributed by atoms with Gasteiger partial charge in [0.25, 0.3) is 0 Å². The van der Waals surface area contributed by atoms with Crippen LogP contribution in [0.2, 0.25) is 0 Å². The van der Waals surface area contributed by atoms with Gasteiger partial charge in [0.05, 0.1) is 0 Å². The van der Waals surface area contributed by atoms with Crippen LogP contribution in [0.15, 0.2) is 0 Å². The van der Waals surface area contributed by atoms with Crippen LogP contribution in [0, 0.1) is 0 Å². The van der Waals surface area contributed by atoms with E-state index in [0.29, 0.717) is 0 Å². The van der Waals surface area contributed by atoms with Crippen molar-refractivity contribution in [2.75, 3.05) is 20.0 Å². The van der Waals surface area contributed by atoms with E-state index >= 15 is 0 Å². The Morgan fingerprint density at radius 3 is 1.50 bits per heavy atom. The Kier molecular flexibility index (Phi) is 2.47. The first-order valence-electron chi connectivity index (χ1n) is 1.82. The maximum atomic E-state index is 5.40. The third-order valence-corrected chi connectivity index (χ3v) is 2.63. The van der Waals surface area contributed by atoms with Gasteiger partial charge in [0.15, 0.2) is 0 Å². The lowest BCUT2D eigenvalue weighted by Gasteiger charge is -2.01. The summed E-state index contributed by atoms with van der Waals surface area (Å²) in [6.45, 7) is 6.50. The zero-order chi connectivity index (χ0) is 5.21. The summed E-state index contributed by atoms with van der Waals surface area (Å²) in [5.41, 5.74) is 0. The summed E-state index contributed by atoms with van der Waals surface area (Å²) in [5, 5.41) is 0. The molecule has 1 radical (unpaired) electrons. The molecule has 0 atom stereocenters. The molecule has 0 heterocycles. The average molecular weight is 122 g/mol. The molecule has 0 unspecified atom stereocenters. The SMILES string of the molecule is C[P+](C)(C)[B]Cl. The summed E-state index contributed by atoms with van der Waals surface area (Å²) >= 11 is 5.40. The van der Waals surface area contributed by atoms with Gasteiger partial charge in [0.2, 0.25) is 0 Å². The highest BCUT2D eigenvalue weighted by Crippen LogP contribution is 2.44. The maximum Gasteiger partial charge on any atom is 0.475 e. The fourth-order valence-electron chi connectivity index (χ4n) is 0. The van der Waals surface area contributed by atoms with Crippen molar-refractivity contribution in [2.45, 2.75) is 0 Å². The van der Waals surface area contributed by atoms with E-state index < -0.39 is 7.14 Å². The minimum atomic E-state index is -0.756. The van der Waals surface area contributed by atoms with E-state index in [1.54, 1.807) is 6.41 Å². The normalized spacial score (nSPS) is 11.3. The highest BCUT2D eigenvalue weighted by molar-refractivity contribution is 8.04. The predicted molar refractivity (Wildman–Crippen MR) is 36.3 cm³/mol. The number of halogens is 1. The van der Waals surface area contributed by atoms with Crippen LogP contribution in [-0.2, 0) is 0 Å². The van der Waals surface area contributed by atoms with Crippen LogP contribution in [0.4, 0.5) is 0 Å². The smallest absolute Gasteiger partial charge is 0.140 e. The first-order chi connectivity index (χ1) is 2.56. The molecular weight excluding hydrogens is 113 g/mol. The van der Waals surface area contributed by atoms with Gasteiger partial charge in [0.1, 0.15) is 0 Å². The lowest BCUT2D eigenvalue weighted by atomic mass is 10.7. The summed E-state index contributed by atoms with van der Waals surface area (Å²) in [6, 6.07) is 0. The summed E-state index contributed by atoms with van der Waals surface area (Å²) in [6.07, 6.45) is 1.77. The van der Waals surface area contributed by atoms with Crippen molar-refractivity contribution in [3.05, 3.63) is 0 Å². The predicted octanol–water partition coefficient (Wildman–Crippen LogP) is 1.67. The number of rotatable bonds is 1. The minimum absolute atomic E-state index is 0.756. The quantitative estimate of drug-likeness (QED) is 0.366. The number of hydrogen-bond acceptors (Lipinski definition) is 0. The molecule has 6 heavy (non-hydrogen) atoms. The molecular formula is C3H9BClP+. The molecule has 0 rings (SSSR count). The zero-order valence-electron chi connectivity index (χ0n) is 4.40. The Morgan fingerprint density at radius 1 is 1.33 bits per heavy atom. The van der Waals surface area contributed by atoms with Crippen molar-refractivity contribution in [1.29, 1.82) is 0 Å². The Labute approximate surface area is 45.7 Å². The third kappa shape index (κ3) is 4.78. The molecule has 35 valence electrons. The molecule has 0 aromatic rings. The number of hydrogen-bond donors (Lipinski definition) is 0. The van der Waals surface area contributed by atoms with Crippen molar-refractivity contribution in [1.82, 2.24) is 0 Å². The van der Waals surface area contributed by atoms with Gasteiger partial charge in [-0.3, -0.25) is 0 Å². The second kappa shape index (κ2) is 2.19. The molecule has 0 aromatic heterocycles. The Balaban J connectivity index is 3.17. The summed E-state index contributed by atoms with van der Waals surface area (Å²) in [5.74, 6) is 0. The van der Waals surface area contributed by atoms with E-state index in [9.17, 15) is 0 Å². The molecule has 0 bridgehead atoms. The molecule has 0 saturated heterocycles. The van der Waals surface area contributed by atoms with E-state index in [2.05, 4.69) is 20.0 Å². The molecule has 0 aliphatic heterocycles. The fraction of sp³-hybridized carbons (Fsp3) is 1.00. The second-order valence-corrected chi connectivity index (χ2v) is 7.23. The Bertz CT molecular complexity index is 40.5. The largest absolute Gasteiger partial charge is 0.475 e. The average Bonchev–Trinajstić information content (AvgIpc) is 1.35. The molecule has 0 spiro atoms. The molecule has 0 N–H and O–H groups in total. The first-order valence-corrected chi connectivity index (χ1v) is 5.45. The zero-order valence-corrected chi connectivity index (χ0v) is 6.05. The lowest BCUT2D eigenvalue weighted by molar-refractivity contribution is 2.09. The topological polar surface area (TPSA) is 0 Å². The van der Waals surface area contributed by atoms with Gasteiger partial charge in [-0.1, -0.05) is 0 Å². The van der Waals surface area contributed by atoms with Gasteiger partial charge in [-0.15, -0.1) is 11.5 Å². The van der Waals surface area contributed by atoms with Gasteiger partial charge in [-0.2, -0.15) is 0 Å². The van der Waals surface area contributed by atoms with E-state index in [1.807, 2.05) is 0 Å². The van der Waals surface area contributed by atoms with E-state index in [1.165, 1.54) is 0 Å². The van der Waals surface area contributed by atoms with E-state index in [0.717, 1.165) is 0 Å². The minimum Gasteiger partial charge on any atom is -0.140 e. The summed E-state index contributed by atoms with van der Waals surface area (Å²) < 4.78 is 0. The van der Waals surface area contributed by atoms with E-state index in [4.69, 9.17) is 11.5 Å². The van der Waals surface area contributed by atoms with Crippen LogP contribution in [0.5, 0.6) is 0 Å².